The highest BCUT2D eigenvalue weighted by Gasteiger charge is 2.36. The molecule has 0 bridgehead atoms. The van der Waals surface area contributed by atoms with Crippen LogP contribution in [0, 0.1) is 10.1 Å². The van der Waals surface area contributed by atoms with E-state index in [0.29, 0.717) is 17.5 Å². The molecule has 2 aromatic rings. The number of nitrogens with zero attached hydrogens (tertiary/aromatic N) is 1. The Morgan fingerprint density at radius 2 is 1.87 bits per heavy atom. The molecule has 23 heavy (non-hydrogen) atoms. The summed E-state index contributed by atoms with van der Waals surface area (Å²) >= 11 is 5.62. The molecule has 9 heteroatoms. The second-order valence-electron chi connectivity index (χ2n) is 4.43. The molecule has 0 aliphatic heterocycles. The van der Waals surface area contributed by atoms with E-state index >= 15 is 0 Å². The van der Waals surface area contributed by atoms with E-state index in [9.17, 15) is 23.3 Å². The number of nitro benzene ring substituents is 1. The molecule has 0 atom stereocenters. The van der Waals surface area contributed by atoms with Crippen molar-refractivity contribution in [3.8, 4) is 5.75 Å². The number of hydrogen-bond acceptors (Lipinski definition) is 4. The quantitative estimate of drug-likeness (QED) is 0.623. The van der Waals surface area contributed by atoms with Crippen LogP contribution in [-0.4, -0.2) is 12.0 Å². The largest absolute Gasteiger partial charge is 0.495 e. The lowest BCUT2D eigenvalue weighted by Gasteiger charge is -2.14. The van der Waals surface area contributed by atoms with Crippen molar-refractivity contribution in [3.63, 3.8) is 0 Å². The van der Waals surface area contributed by atoms with Crippen molar-refractivity contribution in [2.45, 2.75) is 6.18 Å². The molecule has 0 spiro atoms. The topological polar surface area (TPSA) is 64.4 Å². The number of hydrogen-bond donors (Lipinski definition) is 1. The van der Waals surface area contributed by atoms with Crippen LogP contribution in [0.15, 0.2) is 36.4 Å². The van der Waals surface area contributed by atoms with Gasteiger partial charge in [-0.1, -0.05) is 23.7 Å². The van der Waals surface area contributed by atoms with Crippen LogP contribution in [0.1, 0.15) is 5.56 Å². The van der Waals surface area contributed by atoms with Gasteiger partial charge >= 0.3 is 6.18 Å². The Morgan fingerprint density at radius 3 is 2.43 bits per heavy atom. The minimum absolute atomic E-state index is 0.169. The zero-order chi connectivity index (χ0) is 17.2. The maximum absolute atomic E-state index is 12.8. The van der Waals surface area contributed by atoms with E-state index in [2.05, 4.69) is 5.32 Å². The third kappa shape index (κ3) is 3.65. The number of ether oxygens (including phenoxy) is 1. The molecule has 0 amide bonds. The molecular formula is C14H10ClF3N2O3. The van der Waals surface area contributed by atoms with Crippen LogP contribution in [0.4, 0.5) is 30.2 Å². The van der Waals surface area contributed by atoms with E-state index in [0.717, 1.165) is 6.07 Å². The predicted molar refractivity (Wildman–Crippen MR) is 79.4 cm³/mol. The third-order valence-electron chi connectivity index (χ3n) is 2.96. The second kappa shape index (κ2) is 6.33. The van der Waals surface area contributed by atoms with Crippen LogP contribution in [0.3, 0.4) is 0 Å². The summed E-state index contributed by atoms with van der Waals surface area (Å²) in [5, 5.41) is 13.1. The van der Waals surface area contributed by atoms with Crippen LogP contribution in [0.25, 0.3) is 0 Å². The van der Waals surface area contributed by atoms with Gasteiger partial charge in [-0.15, -0.1) is 0 Å². The maximum atomic E-state index is 12.8. The van der Waals surface area contributed by atoms with Gasteiger partial charge < -0.3 is 10.1 Å². The van der Waals surface area contributed by atoms with Gasteiger partial charge in [-0.25, -0.2) is 0 Å². The first-order valence-electron chi connectivity index (χ1n) is 6.19. The molecule has 1 N–H and O–H groups in total. The zero-order valence-electron chi connectivity index (χ0n) is 11.6. The lowest BCUT2D eigenvalue weighted by atomic mass is 10.1. The molecule has 0 saturated heterocycles. The van der Waals surface area contributed by atoms with Gasteiger partial charge in [-0.05, 0) is 18.2 Å². The first kappa shape index (κ1) is 16.9. The first-order chi connectivity index (χ1) is 10.7. The average Bonchev–Trinajstić information content (AvgIpc) is 2.46. The summed E-state index contributed by atoms with van der Waals surface area (Å²) in [5.41, 5.74) is -1.82. The molecule has 2 aromatic carbocycles. The third-order valence-corrected chi connectivity index (χ3v) is 3.28. The average molecular weight is 347 g/mol. The highest BCUT2D eigenvalue weighted by atomic mass is 35.5. The van der Waals surface area contributed by atoms with Crippen LogP contribution in [0.2, 0.25) is 5.02 Å². The Labute approximate surface area is 133 Å². The summed E-state index contributed by atoms with van der Waals surface area (Å²) in [5.74, 6) is 0.373. The number of halogens is 4. The van der Waals surface area contributed by atoms with Crippen molar-refractivity contribution in [3.05, 3.63) is 57.1 Å². The summed E-state index contributed by atoms with van der Waals surface area (Å²) in [6.07, 6.45) is -4.79. The molecule has 0 aliphatic rings. The van der Waals surface area contributed by atoms with Crippen LogP contribution < -0.4 is 10.1 Å². The predicted octanol–water partition coefficient (Wildman–Crippen LogP) is 5.02. The number of rotatable bonds is 4. The van der Waals surface area contributed by atoms with E-state index in [-0.39, 0.29) is 5.69 Å². The van der Waals surface area contributed by atoms with Gasteiger partial charge in [-0.3, -0.25) is 10.1 Å². The van der Waals surface area contributed by atoms with Gasteiger partial charge in [0.25, 0.3) is 5.69 Å². The van der Waals surface area contributed by atoms with Gasteiger partial charge in [0.1, 0.15) is 11.4 Å². The van der Waals surface area contributed by atoms with Gasteiger partial charge in [0.15, 0.2) is 0 Å². The van der Waals surface area contributed by atoms with E-state index < -0.39 is 27.4 Å². The van der Waals surface area contributed by atoms with E-state index in [1.54, 1.807) is 24.3 Å². The molecule has 122 valence electrons. The van der Waals surface area contributed by atoms with E-state index in [1.807, 2.05) is 0 Å². The molecule has 2 rings (SSSR count). The molecule has 0 saturated carbocycles. The van der Waals surface area contributed by atoms with Crippen LogP contribution in [-0.2, 0) is 6.18 Å². The Bertz CT molecular complexity index is 751. The Kier molecular flexibility index (Phi) is 4.65. The Hall–Kier alpha value is -2.48. The molecule has 0 fully saturated rings. The van der Waals surface area contributed by atoms with E-state index in [1.165, 1.54) is 7.11 Å². The van der Waals surface area contributed by atoms with Crippen molar-refractivity contribution in [2.75, 3.05) is 12.4 Å². The van der Waals surface area contributed by atoms with Gasteiger partial charge in [0.05, 0.1) is 28.3 Å². The summed E-state index contributed by atoms with van der Waals surface area (Å²) in [7, 11) is 1.40. The summed E-state index contributed by atoms with van der Waals surface area (Å²) in [6.45, 7) is 0. The molecule has 5 nitrogen and oxygen atoms in total. The number of methoxy groups -OCH3 is 1. The van der Waals surface area contributed by atoms with Crippen molar-refractivity contribution in [1.29, 1.82) is 0 Å². The standard InChI is InChI=1S/C14H10ClF3N2O3/c1-23-13-5-3-2-4-10(13)19-11-7-9(15)8(14(16,17)18)6-12(11)20(21)22/h2-7,19H,1H3. The number of benzene rings is 2. The van der Waals surface area contributed by atoms with Crippen LogP contribution in [0.5, 0.6) is 5.75 Å². The number of nitrogens with one attached hydrogen (secondary N) is 1. The lowest BCUT2D eigenvalue weighted by Crippen LogP contribution is -2.08. The molecular weight excluding hydrogens is 337 g/mol. The van der Waals surface area contributed by atoms with Crippen molar-refractivity contribution in [2.24, 2.45) is 0 Å². The SMILES string of the molecule is COc1ccccc1Nc1cc(Cl)c(C(F)(F)F)cc1[N+](=O)[O-]. The minimum Gasteiger partial charge on any atom is -0.495 e. The van der Waals surface area contributed by atoms with Crippen LogP contribution >= 0.6 is 11.6 Å². The normalized spacial score (nSPS) is 11.2. The maximum Gasteiger partial charge on any atom is 0.418 e. The number of alkyl halides is 3. The fourth-order valence-electron chi connectivity index (χ4n) is 1.92. The molecule has 0 heterocycles. The highest BCUT2D eigenvalue weighted by Crippen LogP contribution is 2.41. The lowest BCUT2D eigenvalue weighted by molar-refractivity contribution is -0.384. The van der Waals surface area contributed by atoms with Crippen molar-refractivity contribution < 1.29 is 22.8 Å². The van der Waals surface area contributed by atoms with Crippen molar-refractivity contribution >= 4 is 28.7 Å². The second-order valence-corrected chi connectivity index (χ2v) is 4.84. The number of nitro groups is 1. The number of anilines is 2. The minimum atomic E-state index is -4.79. The zero-order valence-corrected chi connectivity index (χ0v) is 12.4. The van der Waals surface area contributed by atoms with E-state index in [4.69, 9.17) is 16.3 Å². The van der Waals surface area contributed by atoms with Gasteiger partial charge in [0.2, 0.25) is 0 Å². The molecule has 0 aromatic heterocycles. The molecule has 0 unspecified atom stereocenters. The monoisotopic (exact) mass is 346 g/mol. The van der Waals surface area contributed by atoms with Gasteiger partial charge in [0, 0.05) is 6.07 Å². The van der Waals surface area contributed by atoms with Gasteiger partial charge in [-0.2, -0.15) is 13.2 Å². The first-order valence-corrected chi connectivity index (χ1v) is 6.57. The highest BCUT2D eigenvalue weighted by molar-refractivity contribution is 6.31. The fourth-order valence-corrected chi connectivity index (χ4v) is 2.19. The Morgan fingerprint density at radius 1 is 1.22 bits per heavy atom. The fraction of sp³-hybridized carbons (Fsp3) is 0.143. The summed E-state index contributed by atoms with van der Waals surface area (Å²) < 4.78 is 43.5. The van der Waals surface area contributed by atoms with Crippen molar-refractivity contribution in [1.82, 2.24) is 0 Å². The summed E-state index contributed by atoms with van der Waals surface area (Å²) in [4.78, 5) is 10.2. The number of para-hydroxylation sites is 2. The Balaban J connectivity index is 2.54. The molecule has 0 radical (unpaired) electrons. The smallest absolute Gasteiger partial charge is 0.418 e. The molecule has 0 aliphatic carbocycles. The summed E-state index contributed by atoms with van der Waals surface area (Å²) in [6, 6.07) is 7.75.